The standard InChI is InChI=1S/C48H93N2O6P/c1-6-8-10-12-14-16-18-20-22-24-25-26-28-30-32-34-36-38-40-42-48(52)49-46(45-56-57(53,54)55-44-43-50(3,4)5)47(51)41-39-37-35-33-31-29-27-23-21-19-17-15-13-11-9-7-2/h20,22,31,33,39,41,46-47,51H,6-19,21,23-30,32,34-38,40,42-45H2,1-5H3,(H-,49,52,53,54)/b22-20-,33-31+,41-39+. The summed E-state index contributed by atoms with van der Waals surface area (Å²) in [5, 5.41) is 13.8. The topological polar surface area (TPSA) is 108 Å². The van der Waals surface area contributed by atoms with Gasteiger partial charge in [0.2, 0.25) is 5.91 Å². The molecule has 3 atom stereocenters. The maximum absolute atomic E-state index is 12.9. The number of phosphoric acid groups is 1. The van der Waals surface area contributed by atoms with Gasteiger partial charge >= 0.3 is 0 Å². The summed E-state index contributed by atoms with van der Waals surface area (Å²) in [5.74, 6) is -0.210. The van der Waals surface area contributed by atoms with Crippen LogP contribution in [0, 0.1) is 0 Å². The summed E-state index contributed by atoms with van der Waals surface area (Å²) in [6, 6.07) is -0.902. The molecule has 0 heterocycles. The zero-order chi connectivity index (χ0) is 42.1. The fourth-order valence-electron chi connectivity index (χ4n) is 6.75. The van der Waals surface area contributed by atoms with Gasteiger partial charge < -0.3 is 28.8 Å². The van der Waals surface area contributed by atoms with Crippen molar-refractivity contribution in [2.24, 2.45) is 0 Å². The van der Waals surface area contributed by atoms with Gasteiger partial charge in [-0.1, -0.05) is 185 Å². The van der Waals surface area contributed by atoms with Crippen molar-refractivity contribution in [3.05, 3.63) is 36.5 Å². The average Bonchev–Trinajstić information content (AvgIpc) is 3.16. The predicted octanol–water partition coefficient (Wildman–Crippen LogP) is 12.8. The SMILES string of the molecule is CCCCCCCC/C=C\CCCCCCCCCCCC(=O)NC(COP(=O)([O-])OCC[N+](C)(C)C)C(O)/C=C/CC/C=C/CCCCCCCCCCCC. The summed E-state index contributed by atoms with van der Waals surface area (Å²) >= 11 is 0. The molecule has 0 spiro atoms. The van der Waals surface area contributed by atoms with E-state index >= 15 is 0 Å². The van der Waals surface area contributed by atoms with Crippen LogP contribution in [0.15, 0.2) is 36.5 Å². The minimum atomic E-state index is -4.60. The maximum Gasteiger partial charge on any atom is 0.268 e. The molecule has 0 aliphatic carbocycles. The molecule has 1 amide bonds. The molecular formula is C48H93N2O6P. The van der Waals surface area contributed by atoms with Gasteiger partial charge in [0.25, 0.3) is 7.82 Å². The van der Waals surface area contributed by atoms with Crippen molar-refractivity contribution in [3.8, 4) is 0 Å². The molecule has 0 aliphatic heterocycles. The summed E-state index contributed by atoms with van der Waals surface area (Å²) < 4.78 is 23.2. The third-order valence-electron chi connectivity index (χ3n) is 10.6. The second-order valence-corrected chi connectivity index (χ2v) is 18.9. The van der Waals surface area contributed by atoms with Gasteiger partial charge in [-0.05, 0) is 57.8 Å². The van der Waals surface area contributed by atoms with Crippen LogP contribution in [0.4, 0.5) is 0 Å². The molecule has 0 fully saturated rings. The third kappa shape index (κ3) is 42.6. The van der Waals surface area contributed by atoms with E-state index in [0.29, 0.717) is 17.4 Å². The first-order chi connectivity index (χ1) is 27.5. The average molecular weight is 825 g/mol. The van der Waals surface area contributed by atoms with Crippen LogP contribution in [0.25, 0.3) is 0 Å². The minimum Gasteiger partial charge on any atom is -0.756 e. The lowest BCUT2D eigenvalue weighted by Crippen LogP contribution is -2.45. The number of carbonyl (C=O) groups is 1. The van der Waals surface area contributed by atoms with E-state index in [1.165, 1.54) is 154 Å². The zero-order valence-electron chi connectivity index (χ0n) is 38.0. The summed E-state index contributed by atoms with van der Waals surface area (Å²) in [6.07, 6.45) is 49.1. The fraction of sp³-hybridized carbons (Fsp3) is 0.854. The highest BCUT2D eigenvalue weighted by atomic mass is 31.2. The molecule has 2 N–H and O–H groups in total. The Morgan fingerprint density at radius 1 is 0.596 bits per heavy atom. The van der Waals surface area contributed by atoms with E-state index < -0.39 is 26.6 Å². The molecule has 0 aliphatic rings. The normalized spacial score (nSPS) is 14.6. The van der Waals surface area contributed by atoms with Gasteiger partial charge in [0.1, 0.15) is 13.2 Å². The molecule has 0 aromatic heterocycles. The van der Waals surface area contributed by atoms with Crippen LogP contribution in [0.3, 0.4) is 0 Å². The maximum atomic E-state index is 12.9. The number of nitrogens with zero attached hydrogens (tertiary/aromatic N) is 1. The van der Waals surface area contributed by atoms with Gasteiger partial charge in [0.15, 0.2) is 0 Å². The van der Waals surface area contributed by atoms with Gasteiger partial charge in [0.05, 0.1) is 39.9 Å². The number of carbonyl (C=O) groups excluding carboxylic acids is 1. The van der Waals surface area contributed by atoms with Crippen molar-refractivity contribution in [1.29, 1.82) is 0 Å². The number of aliphatic hydroxyl groups excluding tert-OH is 1. The first-order valence-corrected chi connectivity index (χ1v) is 25.3. The molecule has 0 aromatic rings. The Balaban J connectivity index is 4.40. The highest BCUT2D eigenvalue weighted by Crippen LogP contribution is 2.38. The molecule has 3 unspecified atom stereocenters. The van der Waals surface area contributed by atoms with E-state index in [9.17, 15) is 19.4 Å². The lowest BCUT2D eigenvalue weighted by molar-refractivity contribution is -0.870. The minimum absolute atomic E-state index is 0.00648. The van der Waals surface area contributed by atoms with E-state index in [0.717, 1.165) is 38.5 Å². The van der Waals surface area contributed by atoms with Crippen LogP contribution in [-0.2, 0) is 18.4 Å². The summed E-state index contributed by atoms with van der Waals surface area (Å²) in [7, 11) is 1.24. The highest BCUT2D eigenvalue weighted by Gasteiger charge is 2.23. The van der Waals surface area contributed by atoms with Gasteiger partial charge in [-0.3, -0.25) is 9.36 Å². The van der Waals surface area contributed by atoms with Gasteiger partial charge in [-0.2, -0.15) is 0 Å². The lowest BCUT2D eigenvalue weighted by atomic mass is 10.0. The second kappa shape index (κ2) is 40.1. The number of hydrogen-bond acceptors (Lipinski definition) is 6. The van der Waals surface area contributed by atoms with Crippen molar-refractivity contribution in [3.63, 3.8) is 0 Å². The van der Waals surface area contributed by atoms with Gasteiger partial charge in [-0.15, -0.1) is 0 Å². The molecule has 8 nitrogen and oxygen atoms in total. The Kier molecular flexibility index (Phi) is 39.2. The predicted molar refractivity (Wildman–Crippen MR) is 242 cm³/mol. The van der Waals surface area contributed by atoms with Crippen LogP contribution in [0.5, 0.6) is 0 Å². The van der Waals surface area contributed by atoms with Crippen molar-refractivity contribution >= 4 is 13.7 Å². The first kappa shape index (κ1) is 55.7. The Morgan fingerprint density at radius 3 is 1.42 bits per heavy atom. The Labute approximate surface area is 353 Å². The monoisotopic (exact) mass is 825 g/mol. The van der Waals surface area contributed by atoms with Crippen molar-refractivity contribution in [1.82, 2.24) is 5.32 Å². The number of amides is 1. The smallest absolute Gasteiger partial charge is 0.268 e. The molecule has 0 saturated carbocycles. The molecule has 0 bridgehead atoms. The molecule has 57 heavy (non-hydrogen) atoms. The van der Waals surface area contributed by atoms with Crippen molar-refractivity contribution < 1.29 is 32.9 Å². The number of unbranched alkanes of at least 4 members (excludes halogenated alkanes) is 26. The lowest BCUT2D eigenvalue weighted by Gasteiger charge is -2.29. The fourth-order valence-corrected chi connectivity index (χ4v) is 7.47. The zero-order valence-corrected chi connectivity index (χ0v) is 38.9. The molecule has 9 heteroatoms. The van der Waals surface area contributed by atoms with E-state index in [-0.39, 0.29) is 12.5 Å². The van der Waals surface area contributed by atoms with Crippen molar-refractivity contribution in [2.75, 3.05) is 40.9 Å². The van der Waals surface area contributed by atoms with Crippen LogP contribution in [0.1, 0.15) is 213 Å². The first-order valence-electron chi connectivity index (χ1n) is 23.9. The largest absolute Gasteiger partial charge is 0.756 e. The summed E-state index contributed by atoms with van der Waals surface area (Å²) in [6.45, 7) is 4.62. The van der Waals surface area contributed by atoms with Gasteiger partial charge in [0, 0.05) is 6.42 Å². The second-order valence-electron chi connectivity index (χ2n) is 17.5. The van der Waals surface area contributed by atoms with Crippen LogP contribution in [0.2, 0.25) is 0 Å². The number of phosphoric ester groups is 1. The van der Waals surface area contributed by atoms with Gasteiger partial charge in [-0.25, -0.2) is 0 Å². The summed E-state index contributed by atoms with van der Waals surface area (Å²) in [4.78, 5) is 25.3. The molecule has 0 aromatic carbocycles. The Hall–Kier alpha value is -1.28. The molecule has 0 saturated heterocycles. The Bertz CT molecular complexity index is 1030. The van der Waals surface area contributed by atoms with Crippen LogP contribution < -0.4 is 10.2 Å². The molecule has 336 valence electrons. The van der Waals surface area contributed by atoms with E-state index in [1.54, 1.807) is 6.08 Å². The number of likely N-dealkylation sites (N-methyl/N-ethyl adjacent to an activating group) is 1. The number of allylic oxidation sites excluding steroid dienone is 5. The van der Waals surface area contributed by atoms with Crippen LogP contribution in [-0.4, -0.2) is 68.5 Å². The summed E-state index contributed by atoms with van der Waals surface area (Å²) in [5.41, 5.74) is 0. The van der Waals surface area contributed by atoms with Crippen molar-refractivity contribution in [2.45, 2.75) is 225 Å². The molecular weight excluding hydrogens is 732 g/mol. The molecule has 0 radical (unpaired) electrons. The van der Waals surface area contributed by atoms with Crippen LogP contribution >= 0.6 is 7.82 Å². The number of hydrogen-bond donors (Lipinski definition) is 2. The van der Waals surface area contributed by atoms with E-state index in [2.05, 4.69) is 43.5 Å². The Morgan fingerprint density at radius 2 is 0.982 bits per heavy atom. The quantitative estimate of drug-likeness (QED) is 0.0274. The number of quaternary nitrogens is 1. The number of aliphatic hydroxyl groups is 1. The number of rotatable bonds is 43. The van der Waals surface area contributed by atoms with E-state index in [4.69, 9.17) is 9.05 Å². The number of nitrogens with one attached hydrogen (secondary N) is 1. The third-order valence-corrected chi connectivity index (χ3v) is 11.5. The molecule has 0 rings (SSSR count). The highest BCUT2D eigenvalue weighted by molar-refractivity contribution is 7.45. The van der Waals surface area contributed by atoms with E-state index in [1.807, 2.05) is 27.2 Å².